The van der Waals surface area contributed by atoms with Crippen LogP contribution in [0.2, 0.25) is 0 Å². The Morgan fingerprint density at radius 2 is 1.40 bits per heavy atom. The quantitative estimate of drug-likeness (QED) is 0.483. The number of nitrogens with zero attached hydrogens (tertiary/aromatic N) is 1. The average molecular weight is 400 g/mol. The third-order valence-electron chi connectivity index (χ3n) is 4.88. The third-order valence-corrected chi connectivity index (χ3v) is 4.88. The molecule has 3 aromatic carbocycles. The van der Waals surface area contributed by atoms with Crippen LogP contribution in [0.15, 0.2) is 78.9 Å². The average Bonchev–Trinajstić information content (AvgIpc) is 3.04. The van der Waals surface area contributed by atoms with E-state index in [1.165, 1.54) is 4.90 Å². The Labute approximate surface area is 174 Å². The molecule has 0 saturated heterocycles. The standard InChI is InChI=1S/C24H20N2O4/c27-22-20-8-4-5-9-21(20)23(28)26(22)15-14-25-19-12-10-18(11-13-19)24(29)30-16-17-6-2-1-3-7-17/h1-13,25H,14-16H2. The van der Waals surface area contributed by atoms with Crippen molar-refractivity contribution in [3.8, 4) is 0 Å². The molecule has 6 heteroatoms. The fourth-order valence-corrected chi connectivity index (χ4v) is 3.28. The molecule has 0 saturated carbocycles. The van der Waals surface area contributed by atoms with Gasteiger partial charge in [-0.25, -0.2) is 4.79 Å². The molecule has 0 aliphatic carbocycles. The van der Waals surface area contributed by atoms with Gasteiger partial charge in [0.05, 0.1) is 16.7 Å². The molecule has 0 bridgehead atoms. The number of rotatable bonds is 7. The fraction of sp³-hybridized carbons (Fsp3) is 0.125. The Kier molecular flexibility index (Phi) is 5.57. The summed E-state index contributed by atoms with van der Waals surface area (Å²) in [5.41, 5.74) is 3.06. The second-order valence-corrected chi connectivity index (χ2v) is 6.87. The van der Waals surface area contributed by atoms with Crippen LogP contribution in [-0.4, -0.2) is 35.8 Å². The van der Waals surface area contributed by atoms with Crippen LogP contribution in [0.1, 0.15) is 36.6 Å². The Morgan fingerprint density at radius 1 is 0.800 bits per heavy atom. The molecule has 1 aliphatic heterocycles. The third kappa shape index (κ3) is 4.07. The van der Waals surface area contributed by atoms with Gasteiger partial charge in [0.25, 0.3) is 11.8 Å². The highest BCUT2D eigenvalue weighted by atomic mass is 16.5. The van der Waals surface area contributed by atoms with Gasteiger partial charge in [0.15, 0.2) is 0 Å². The largest absolute Gasteiger partial charge is 0.457 e. The number of anilines is 1. The highest BCUT2D eigenvalue weighted by Crippen LogP contribution is 2.22. The van der Waals surface area contributed by atoms with E-state index in [0.29, 0.717) is 23.2 Å². The maximum absolute atomic E-state index is 12.4. The summed E-state index contributed by atoms with van der Waals surface area (Å²) in [4.78, 5) is 38.1. The highest BCUT2D eigenvalue weighted by Gasteiger charge is 2.34. The van der Waals surface area contributed by atoms with E-state index in [2.05, 4.69) is 5.32 Å². The molecule has 2 amide bonds. The molecule has 30 heavy (non-hydrogen) atoms. The molecule has 1 heterocycles. The molecule has 0 radical (unpaired) electrons. The van der Waals surface area contributed by atoms with Crippen molar-refractivity contribution in [2.24, 2.45) is 0 Å². The van der Waals surface area contributed by atoms with E-state index in [-0.39, 0.29) is 25.0 Å². The van der Waals surface area contributed by atoms with Crippen molar-refractivity contribution in [3.05, 3.63) is 101 Å². The zero-order chi connectivity index (χ0) is 20.9. The number of ether oxygens (including phenoxy) is 1. The van der Waals surface area contributed by atoms with Crippen LogP contribution in [0.25, 0.3) is 0 Å². The summed E-state index contributed by atoms with van der Waals surface area (Å²) in [6, 6.07) is 23.2. The fourth-order valence-electron chi connectivity index (χ4n) is 3.28. The maximum atomic E-state index is 12.4. The van der Waals surface area contributed by atoms with Gasteiger partial charge in [-0.3, -0.25) is 14.5 Å². The van der Waals surface area contributed by atoms with E-state index in [1.54, 1.807) is 48.5 Å². The number of esters is 1. The number of nitrogens with one attached hydrogen (secondary N) is 1. The van der Waals surface area contributed by atoms with Gasteiger partial charge in [-0.15, -0.1) is 0 Å². The summed E-state index contributed by atoms with van der Waals surface area (Å²) >= 11 is 0. The van der Waals surface area contributed by atoms with Gasteiger partial charge in [-0.1, -0.05) is 42.5 Å². The topological polar surface area (TPSA) is 75.7 Å². The summed E-state index contributed by atoms with van der Waals surface area (Å²) < 4.78 is 5.32. The number of hydrogen-bond acceptors (Lipinski definition) is 5. The molecule has 4 rings (SSSR count). The number of carbonyl (C=O) groups is 3. The van der Waals surface area contributed by atoms with Gasteiger partial charge in [-0.2, -0.15) is 0 Å². The molecule has 0 unspecified atom stereocenters. The minimum Gasteiger partial charge on any atom is -0.457 e. The number of carbonyl (C=O) groups excluding carboxylic acids is 3. The molecule has 0 spiro atoms. The van der Waals surface area contributed by atoms with Gasteiger partial charge in [0, 0.05) is 18.8 Å². The minimum absolute atomic E-state index is 0.222. The Hall–Kier alpha value is -3.93. The molecule has 150 valence electrons. The van der Waals surface area contributed by atoms with Crippen molar-refractivity contribution >= 4 is 23.5 Å². The van der Waals surface area contributed by atoms with Crippen molar-refractivity contribution in [2.45, 2.75) is 6.61 Å². The first kappa shape index (κ1) is 19.4. The van der Waals surface area contributed by atoms with E-state index in [0.717, 1.165) is 11.3 Å². The second-order valence-electron chi connectivity index (χ2n) is 6.87. The molecule has 6 nitrogen and oxygen atoms in total. The van der Waals surface area contributed by atoms with E-state index in [9.17, 15) is 14.4 Å². The number of imide groups is 1. The second kappa shape index (κ2) is 8.61. The summed E-state index contributed by atoms with van der Waals surface area (Å²) in [5, 5.41) is 3.17. The normalized spacial score (nSPS) is 12.6. The predicted molar refractivity (Wildman–Crippen MR) is 112 cm³/mol. The molecule has 3 aromatic rings. The molecule has 0 atom stereocenters. The highest BCUT2D eigenvalue weighted by molar-refractivity contribution is 6.21. The van der Waals surface area contributed by atoms with E-state index < -0.39 is 5.97 Å². The first-order valence-corrected chi connectivity index (χ1v) is 9.64. The number of benzene rings is 3. The van der Waals surface area contributed by atoms with Crippen molar-refractivity contribution in [3.63, 3.8) is 0 Å². The van der Waals surface area contributed by atoms with Gasteiger partial charge in [0.2, 0.25) is 0 Å². The first-order chi connectivity index (χ1) is 14.6. The van der Waals surface area contributed by atoms with Crippen LogP contribution >= 0.6 is 0 Å². The lowest BCUT2D eigenvalue weighted by Crippen LogP contribution is -2.34. The van der Waals surface area contributed by atoms with E-state index in [1.807, 2.05) is 30.3 Å². The molecule has 1 aliphatic rings. The van der Waals surface area contributed by atoms with Crippen LogP contribution < -0.4 is 5.32 Å². The maximum Gasteiger partial charge on any atom is 0.338 e. The van der Waals surface area contributed by atoms with Crippen molar-refractivity contribution in [2.75, 3.05) is 18.4 Å². The Morgan fingerprint density at radius 3 is 2.03 bits per heavy atom. The summed E-state index contributed by atoms with van der Waals surface area (Å²) in [6.07, 6.45) is 0. The van der Waals surface area contributed by atoms with E-state index in [4.69, 9.17) is 4.74 Å². The van der Waals surface area contributed by atoms with Gasteiger partial charge in [-0.05, 0) is 42.0 Å². The smallest absolute Gasteiger partial charge is 0.338 e. The number of amides is 2. The van der Waals surface area contributed by atoms with Gasteiger partial charge >= 0.3 is 5.97 Å². The lowest BCUT2D eigenvalue weighted by Gasteiger charge is -2.15. The summed E-state index contributed by atoms with van der Waals surface area (Å²) in [5.74, 6) is -0.931. The monoisotopic (exact) mass is 400 g/mol. The lowest BCUT2D eigenvalue weighted by atomic mass is 10.1. The van der Waals surface area contributed by atoms with Crippen LogP contribution in [0.5, 0.6) is 0 Å². The number of fused-ring (bicyclic) bond motifs is 1. The Bertz CT molecular complexity index is 1040. The predicted octanol–water partition coefficient (Wildman–Crippen LogP) is 3.75. The summed E-state index contributed by atoms with van der Waals surface area (Å²) in [6.45, 7) is 0.885. The van der Waals surface area contributed by atoms with Crippen LogP contribution in [-0.2, 0) is 11.3 Å². The minimum atomic E-state index is -0.392. The van der Waals surface area contributed by atoms with Crippen molar-refractivity contribution < 1.29 is 19.1 Å². The zero-order valence-corrected chi connectivity index (χ0v) is 16.2. The van der Waals surface area contributed by atoms with Crippen molar-refractivity contribution in [1.29, 1.82) is 0 Å². The van der Waals surface area contributed by atoms with Crippen LogP contribution in [0.3, 0.4) is 0 Å². The first-order valence-electron chi connectivity index (χ1n) is 9.64. The molecule has 1 N–H and O–H groups in total. The van der Waals surface area contributed by atoms with Crippen LogP contribution in [0.4, 0.5) is 5.69 Å². The molecule has 0 fully saturated rings. The molecular weight excluding hydrogens is 380 g/mol. The van der Waals surface area contributed by atoms with Gasteiger partial charge < -0.3 is 10.1 Å². The Balaban J connectivity index is 1.28. The number of hydrogen-bond donors (Lipinski definition) is 1. The summed E-state index contributed by atoms with van der Waals surface area (Å²) in [7, 11) is 0. The van der Waals surface area contributed by atoms with Crippen LogP contribution in [0, 0.1) is 0 Å². The van der Waals surface area contributed by atoms with Gasteiger partial charge in [0.1, 0.15) is 6.61 Å². The zero-order valence-electron chi connectivity index (χ0n) is 16.2. The lowest BCUT2D eigenvalue weighted by molar-refractivity contribution is 0.0472. The van der Waals surface area contributed by atoms with E-state index >= 15 is 0 Å². The molecule has 0 aromatic heterocycles. The van der Waals surface area contributed by atoms with Crippen molar-refractivity contribution in [1.82, 2.24) is 4.90 Å². The molecular formula is C24H20N2O4. The SMILES string of the molecule is O=C(OCc1ccccc1)c1ccc(NCCN2C(=O)c3ccccc3C2=O)cc1.